The minimum Gasteiger partial charge on any atom is -0.454 e. The maximum atomic E-state index is 13.4. The molecule has 3 fully saturated rings. The van der Waals surface area contributed by atoms with Crippen LogP contribution in [-0.4, -0.2) is 30.2 Å². The molecule has 0 radical (unpaired) electrons. The predicted molar refractivity (Wildman–Crippen MR) is 119 cm³/mol. The molecule has 6 heteroatoms. The number of ether oxygens (including phenoxy) is 1. The summed E-state index contributed by atoms with van der Waals surface area (Å²) in [4.78, 5) is 53.4. The van der Waals surface area contributed by atoms with Crippen LogP contribution in [0.15, 0.2) is 60.7 Å². The monoisotopic (exact) mass is 441 g/mol. The zero-order chi connectivity index (χ0) is 22.9. The number of aryl methyl sites for hydroxylation is 1. The van der Waals surface area contributed by atoms with E-state index in [1.807, 2.05) is 19.1 Å². The largest absolute Gasteiger partial charge is 0.454 e. The Hall–Kier alpha value is -3.54. The Bertz CT molecular complexity index is 1190. The molecular formula is C27H23NO5. The molecule has 4 aliphatic carbocycles. The number of esters is 1. The topological polar surface area (TPSA) is 80.8 Å². The van der Waals surface area contributed by atoms with Crippen molar-refractivity contribution in [2.24, 2.45) is 35.5 Å². The third kappa shape index (κ3) is 3.00. The van der Waals surface area contributed by atoms with Gasteiger partial charge in [-0.15, -0.1) is 0 Å². The lowest BCUT2D eigenvalue weighted by molar-refractivity contribution is -0.124. The van der Waals surface area contributed by atoms with E-state index in [1.54, 1.807) is 30.3 Å². The van der Waals surface area contributed by atoms with Gasteiger partial charge in [0.15, 0.2) is 12.4 Å². The first-order valence-corrected chi connectivity index (χ1v) is 11.4. The minimum absolute atomic E-state index is 0.109. The Morgan fingerprint density at radius 2 is 1.52 bits per heavy atom. The summed E-state index contributed by atoms with van der Waals surface area (Å²) in [5.41, 5.74) is 1.83. The summed E-state index contributed by atoms with van der Waals surface area (Å²) >= 11 is 0. The molecule has 0 aromatic heterocycles. The Balaban J connectivity index is 1.24. The van der Waals surface area contributed by atoms with Crippen LogP contribution in [0.3, 0.4) is 0 Å². The van der Waals surface area contributed by atoms with Crippen LogP contribution in [0.1, 0.15) is 32.7 Å². The van der Waals surface area contributed by atoms with Crippen molar-refractivity contribution in [1.29, 1.82) is 0 Å². The molecule has 2 saturated carbocycles. The third-order valence-corrected chi connectivity index (χ3v) is 7.74. The van der Waals surface area contributed by atoms with Crippen LogP contribution in [0.5, 0.6) is 0 Å². The molecule has 5 aliphatic rings. The van der Waals surface area contributed by atoms with E-state index in [1.165, 1.54) is 11.0 Å². The van der Waals surface area contributed by atoms with Gasteiger partial charge < -0.3 is 4.74 Å². The van der Waals surface area contributed by atoms with Gasteiger partial charge in [0.2, 0.25) is 11.8 Å². The molecule has 33 heavy (non-hydrogen) atoms. The van der Waals surface area contributed by atoms with Crippen molar-refractivity contribution in [2.75, 3.05) is 11.5 Å². The van der Waals surface area contributed by atoms with Gasteiger partial charge >= 0.3 is 5.97 Å². The number of imide groups is 1. The number of amides is 2. The minimum atomic E-state index is -0.731. The molecule has 1 aliphatic heterocycles. The van der Waals surface area contributed by atoms with E-state index < -0.39 is 12.6 Å². The zero-order valence-electron chi connectivity index (χ0n) is 18.1. The van der Waals surface area contributed by atoms with E-state index in [-0.39, 0.29) is 52.5 Å². The summed E-state index contributed by atoms with van der Waals surface area (Å²) < 4.78 is 5.29. The van der Waals surface area contributed by atoms with E-state index in [4.69, 9.17) is 4.74 Å². The number of carbonyl (C=O) groups excluding carboxylic acids is 4. The van der Waals surface area contributed by atoms with Crippen LogP contribution >= 0.6 is 0 Å². The summed E-state index contributed by atoms with van der Waals surface area (Å²) in [7, 11) is 0. The smallest absolute Gasteiger partial charge is 0.340 e. The molecule has 2 aromatic carbocycles. The van der Waals surface area contributed by atoms with E-state index in [0.29, 0.717) is 17.4 Å². The summed E-state index contributed by atoms with van der Waals surface area (Å²) in [6.45, 7) is 1.51. The van der Waals surface area contributed by atoms with Crippen molar-refractivity contribution in [1.82, 2.24) is 0 Å². The molecule has 7 rings (SSSR count). The van der Waals surface area contributed by atoms with Gasteiger partial charge in [0.1, 0.15) is 0 Å². The number of rotatable bonds is 5. The summed E-state index contributed by atoms with van der Waals surface area (Å²) in [5.74, 6) is -0.969. The van der Waals surface area contributed by atoms with Gasteiger partial charge in [-0.05, 0) is 49.1 Å². The lowest BCUT2D eigenvalue weighted by Crippen LogP contribution is -2.40. The maximum Gasteiger partial charge on any atom is 0.340 e. The van der Waals surface area contributed by atoms with E-state index >= 15 is 0 Å². The third-order valence-electron chi connectivity index (χ3n) is 7.74. The van der Waals surface area contributed by atoms with Crippen LogP contribution in [0, 0.1) is 42.4 Å². The first kappa shape index (κ1) is 20.1. The highest BCUT2D eigenvalue weighted by atomic mass is 16.5. The van der Waals surface area contributed by atoms with Gasteiger partial charge in [-0.2, -0.15) is 0 Å². The number of anilines is 1. The lowest BCUT2D eigenvalue weighted by atomic mass is 9.63. The summed E-state index contributed by atoms with van der Waals surface area (Å²) in [6, 6.07) is 13.5. The van der Waals surface area contributed by atoms with Crippen LogP contribution in [0.2, 0.25) is 0 Å². The average Bonchev–Trinajstić information content (AvgIpc) is 3.61. The fourth-order valence-electron chi connectivity index (χ4n) is 6.07. The first-order valence-electron chi connectivity index (χ1n) is 11.4. The highest BCUT2D eigenvalue weighted by molar-refractivity contribution is 6.24. The lowest BCUT2D eigenvalue weighted by Gasteiger charge is -2.37. The maximum absolute atomic E-state index is 13.4. The molecule has 0 spiro atoms. The molecule has 166 valence electrons. The Morgan fingerprint density at radius 1 is 0.909 bits per heavy atom. The van der Waals surface area contributed by atoms with Crippen molar-refractivity contribution < 1.29 is 23.9 Å². The van der Waals surface area contributed by atoms with Crippen molar-refractivity contribution >= 4 is 29.3 Å². The standard InChI is InChI=1S/C27H23NO5/c1-14-6-8-15(9-7-14)22(29)13-33-27(32)18-4-2-3-5-21(18)28-25(30)23-16-10-11-17(20-12-19(16)20)24(23)26(28)31/h2-11,16-17,19-20,23-24H,12-13H2,1H3/t16-,17+,19-,20-,23+,24-/m1/s1. The van der Waals surface area contributed by atoms with Gasteiger partial charge in [-0.1, -0.05) is 54.1 Å². The number of nitrogens with zero attached hydrogens (tertiary/aromatic N) is 1. The molecule has 1 saturated heterocycles. The highest BCUT2D eigenvalue weighted by Gasteiger charge is 2.67. The molecule has 2 amide bonds. The molecule has 6 atom stereocenters. The number of para-hydroxylation sites is 1. The predicted octanol–water partition coefficient (Wildman–Crippen LogP) is 3.59. The van der Waals surface area contributed by atoms with Gasteiger partial charge in [0.25, 0.3) is 0 Å². The average molecular weight is 441 g/mol. The number of carbonyl (C=O) groups is 4. The second kappa shape index (κ2) is 7.24. The molecule has 1 heterocycles. The Kier molecular flexibility index (Phi) is 4.41. The second-order valence-electron chi connectivity index (χ2n) is 9.55. The van der Waals surface area contributed by atoms with Crippen LogP contribution in [0.25, 0.3) is 0 Å². The van der Waals surface area contributed by atoms with Gasteiger partial charge in [-0.25, -0.2) is 9.69 Å². The van der Waals surface area contributed by atoms with Gasteiger partial charge in [0.05, 0.1) is 23.1 Å². The van der Waals surface area contributed by atoms with Crippen LogP contribution < -0.4 is 4.90 Å². The van der Waals surface area contributed by atoms with E-state index in [2.05, 4.69) is 12.2 Å². The molecular weight excluding hydrogens is 418 g/mol. The number of allylic oxidation sites excluding steroid dienone is 2. The van der Waals surface area contributed by atoms with Gasteiger partial charge in [-0.3, -0.25) is 14.4 Å². The highest BCUT2D eigenvalue weighted by Crippen LogP contribution is 2.65. The van der Waals surface area contributed by atoms with E-state index in [9.17, 15) is 19.2 Å². The number of Topliss-reactive ketones (excluding diaryl/α,β-unsaturated/α-hetero) is 1. The number of hydrogen-bond donors (Lipinski definition) is 0. The molecule has 2 aromatic rings. The first-order chi connectivity index (χ1) is 16.0. The number of ketones is 1. The van der Waals surface area contributed by atoms with Crippen molar-refractivity contribution in [3.05, 3.63) is 77.4 Å². The fourth-order valence-corrected chi connectivity index (χ4v) is 6.07. The fraction of sp³-hybridized carbons (Fsp3) is 0.333. The molecule has 0 unspecified atom stereocenters. The summed E-state index contributed by atoms with van der Waals surface area (Å²) in [6.07, 6.45) is 5.32. The second-order valence-corrected chi connectivity index (χ2v) is 9.55. The molecule has 2 bridgehead atoms. The van der Waals surface area contributed by atoms with E-state index in [0.717, 1.165) is 12.0 Å². The number of benzene rings is 2. The number of hydrogen-bond acceptors (Lipinski definition) is 5. The van der Waals surface area contributed by atoms with Crippen LogP contribution in [-0.2, 0) is 14.3 Å². The Morgan fingerprint density at radius 3 is 2.15 bits per heavy atom. The zero-order valence-corrected chi connectivity index (χ0v) is 18.1. The SMILES string of the molecule is Cc1ccc(C(=O)COC(=O)c2ccccc2N2C(=O)[C@@H]3[C@H]4C=C[C@H]([C@H]5C[C@H]45)[C@@H]3C2=O)cc1. The van der Waals surface area contributed by atoms with Crippen molar-refractivity contribution in [3.63, 3.8) is 0 Å². The quantitative estimate of drug-likeness (QED) is 0.307. The summed E-state index contributed by atoms with van der Waals surface area (Å²) in [5, 5.41) is 0. The van der Waals surface area contributed by atoms with Crippen molar-refractivity contribution in [3.8, 4) is 0 Å². The normalized spacial score (nSPS) is 30.8. The van der Waals surface area contributed by atoms with Gasteiger partial charge in [0, 0.05) is 5.56 Å². The molecule has 6 nitrogen and oxygen atoms in total. The Labute approximate surface area is 191 Å². The van der Waals surface area contributed by atoms with Crippen molar-refractivity contribution in [2.45, 2.75) is 13.3 Å². The molecule has 0 N–H and O–H groups in total. The van der Waals surface area contributed by atoms with Crippen LogP contribution in [0.4, 0.5) is 5.69 Å².